The largest absolute Gasteiger partial charge is 0.480 e. The number of rotatable bonds is 5. The van der Waals surface area contributed by atoms with E-state index in [0.29, 0.717) is 5.92 Å². The third-order valence-corrected chi connectivity index (χ3v) is 4.25. The van der Waals surface area contributed by atoms with Crippen molar-refractivity contribution >= 4 is 11.7 Å². The first-order valence-electron chi connectivity index (χ1n) is 7.58. The third kappa shape index (κ3) is 4.26. The fourth-order valence-corrected chi connectivity index (χ4v) is 3.22. The zero-order valence-electron chi connectivity index (χ0n) is 12.5. The van der Waals surface area contributed by atoms with Crippen molar-refractivity contribution in [2.45, 2.75) is 39.5 Å². The fraction of sp³-hybridized carbons (Fsp3) is 0.588. The van der Waals surface area contributed by atoms with Gasteiger partial charge in [0.05, 0.1) is 0 Å². The Labute approximate surface area is 121 Å². The summed E-state index contributed by atoms with van der Waals surface area (Å²) in [4.78, 5) is 13.1. The van der Waals surface area contributed by atoms with Crippen LogP contribution in [0.3, 0.4) is 0 Å². The molecule has 3 nitrogen and oxygen atoms in total. The van der Waals surface area contributed by atoms with Crippen LogP contribution in [0.5, 0.6) is 0 Å². The minimum Gasteiger partial charge on any atom is -0.480 e. The van der Waals surface area contributed by atoms with Crippen LogP contribution in [0.1, 0.15) is 38.2 Å². The maximum absolute atomic E-state index is 11.1. The van der Waals surface area contributed by atoms with E-state index in [0.717, 1.165) is 18.2 Å². The van der Waals surface area contributed by atoms with Gasteiger partial charge in [0.2, 0.25) is 0 Å². The monoisotopic (exact) mass is 275 g/mol. The molecule has 0 heterocycles. The van der Waals surface area contributed by atoms with Crippen molar-refractivity contribution in [1.29, 1.82) is 0 Å². The second-order valence-electron chi connectivity index (χ2n) is 6.25. The molecule has 0 aliphatic heterocycles. The Morgan fingerprint density at radius 1 is 1.30 bits per heavy atom. The van der Waals surface area contributed by atoms with Crippen molar-refractivity contribution in [3.63, 3.8) is 0 Å². The van der Waals surface area contributed by atoms with Gasteiger partial charge in [-0.15, -0.1) is 0 Å². The molecule has 0 spiro atoms. The first kappa shape index (κ1) is 14.9. The molecule has 1 aliphatic carbocycles. The number of carboxylic acids is 1. The van der Waals surface area contributed by atoms with Crippen LogP contribution < -0.4 is 4.90 Å². The maximum atomic E-state index is 11.1. The topological polar surface area (TPSA) is 40.5 Å². The quantitative estimate of drug-likeness (QED) is 0.890. The van der Waals surface area contributed by atoms with Crippen LogP contribution in [0.15, 0.2) is 24.3 Å². The molecule has 1 aromatic rings. The van der Waals surface area contributed by atoms with E-state index in [-0.39, 0.29) is 6.54 Å². The van der Waals surface area contributed by atoms with Crippen molar-refractivity contribution in [2.24, 2.45) is 11.8 Å². The molecule has 0 bridgehead atoms. The molecule has 1 aliphatic rings. The fourth-order valence-electron chi connectivity index (χ4n) is 3.22. The molecule has 0 radical (unpaired) electrons. The van der Waals surface area contributed by atoms with Crippen molar-refractivity contribution < 1.29 is 9.90 Å². The normalized spacial score (nSPS) is 22.5. The minimum atomic E-state index is -0.755. The summed E-state index contributed by atoms with van der Waals surface area (Å²) in [7, 11) is 0. The zero-order valence-corrected chi connectivity index (χ0v) is 12.5. The van der Waals surface area contributed by atoms with Crippen molar-refractivity contribution in [2.75, 3.05) is 18.0 Å². The summed E-state index contributed by atoms with van der Waals surface area (Å²) in [5.74, 6) is 0.646. The first-order chi connectivity index (χ1) is 9.54. The van der Waals surface area contributed by atoms with Crippen LogP contribution in [-0.4, -0.2) is 24.2 Å². The molecule has 110 valence electrons. The second-order valence-corrected chi connectivity index (χ2v) is 6.25. The van der Waals surface area contributed by atoms with Crippen molar-refractivity contribution in [3.05, 3.63) is 29.8 Å². The highest BCUT2D eigenvalue weighted by molar-refractivity contribution is 5.73. The Balaban J connectivity index is 2.06. The van der Waals surface area contributed by atoms with Gasteiger partial charge >= 0.3 is 5.97 Å². The minimum absolute atomic E-state index is 0.0912. The molecule has 1 aromatic carbocycles. The van der Waals surface area contributed by atoms with Gasteiger partial charge in [0.1, 0.15) is 6.54 Å². The predicted octanol–water partition coefficient (Wildman–Crippen LogP) is 3.71. The van der Waals surface area contributed by atoms with E-state index in [9.17, 15) is 4.79 Å². The highest BCUT2D eigenvalue weighted by Crippen LogP contribution is 2.30. The van der Waals surface area contributed by atoms with Gasteiger partial charge < -0.3 is 10.0 Å². The number of aryl methyl sites for hydroxylation is 1. The van der Waals surface area contributed by atoms with Gasteiger partial charge in [0.15, 0.2) is 0 Å². The smallest absolute Gasteiger partial charge is 0.323 e. The first-order valence-corrected chi connectivity index (χ1v) is 7.58. The summed E-state index contributed by atoms with van der Waals surface area (Å²) < 4.78 is 0. The SMILES string of the molecule is Cc1ccc(N(CC(=O)O)CC2CCCC(C)C2)cc1. The molecule has 1 fully saturated rings. The number of benzene rings is 1. The Kier molecular flexibility index (Phi) is 5.05. The van der Waals surface area contributed by atoms with Gasteiger partial charge in [-0.25, -0.2) is 0 Å². The van der Waals surface area contributed by atoms with Gasteiger partial charge in [-0.05, 0) is 43.7 Å². The van der Waals surface area contributed by atoms with E-state index in [2.05, 4.69) is 6.92 Å². The van der Waals surface area contributed by atoms with E-state index >= 15 is 0 Å². The highest BCUT2D eigenvalue weighted by atomic mass is 16.4. The lowest BCUT2D eigenvalue weighted by Gasteiger charge is -2.32. The molecule has 1 N–H and O–H groups in total. The van der Waals surface area contributed by atoms with Gasteiger partial charge in [-0.2, -0.15) is 0 Å². The second kappa shape index (κ2) is 6.78. The van der Waals surface area contributed by atoms with E-state index < -0.39 is 5.97 Å². The van der Waals surface area contributed by atoms with E-state index in [1.54, 1.807) is 0 Å². The molecule has 1 saturated carbocycles. The Hall–Kier alpha value is -1.51. The third-order valence-electron chi connectivity index (χ3n) is 4.25. The van der Waals surface area contributed by atoms with Crippen LogP contribution in [0.2, 0.25) is 0 Å². The molecule has 2 unspecified atom stereocenters. The molecule has 2 rings (SSSR count). The molecule has 20 heavy (non-hydrogen) atoms. The van der Waals surface area contributed by atoms with Crippen molar-refractivity contribution in [1.82, 2.24) is 0 Å². The summed E-state index contributed by atoms with van der Waals surface area (Å²) in [6.45, 7) is 5.31. The zero-order chi connectivity index (χ0) is 14.5. The molecule has 0 amide bonds. The number of aliphatic carboxylic acids is 1. The van der Waals surface area contributed by atoms with Crippen LogP contribution in [0.4, 0.5) is 5.69 Å². The number of nitrogens with zero attached hydrogens (tertiary/aromatic N) is 1. The Morgan fingerprint density at radius 3 is 2.60 bits per heavy atom. The van der Waals surface area contributed by atoms with Gasteiger partial charge in [-0.3, -0.25) is 4.79 Å². The standard InChI is InChI=1S/C17H25NO2/c1-13-6-8-16(9-7-13)18(12-17(19)20)11-15-5-3-4-14(2)10-15/h6-9,14-15H,3-5,10-12H2,1-2H3,(H,19,20). The molecule has 0 saturated heterocycles. The number of carbonyl (C=O) groups is 1. The summed E-state index contributed by atoms with van der Waals surface area (Å²) >= 11 is 0. The van der Waals surface area contributed by atoms with Crippen LogP contribution in [0, 0.1) is 18.8 Å². The predicted molar refractivity (Wildman–Crippen MR) is 82.1 cm³/mol. The number of hydrogen-bond acceptors (Lipinski definition) is 2. The Bertz CT molecular complexity index is 441. The summed E-state index contributed by atoms with van der Waals surface area (Å²) in [5.41, 5.74) is 2.23. The molecular formula is C17H25NO2. The van der Waals surface area contributed by atoms with E-state index in [1.165, 1.54) is 31.2 Å². The maximum Gasteiger partial charge on any atom is 0.323 e. The molecule has 0 aromatic heterocycles. The summed E-state index contributed by atoms with van der Waals surface area (Å²) in [6.07, 6.45) is 5.05. The van der Waals surface area contributed by atoms with Gasteiger partial charge in [0.25, 0.3) is 0 Å². The average molecular weight is 275 g/mol. The lowest BCUT2D eigenvalue weighted by atomic mass is 9.82. The lowest BCUT2D eigenvalue weighted by Crippen LogP contribution is -2.35. The van der Waals surface area contributed by atoms with E-state index in [1.807, 2.05) is 36.1 Å². The number of carboxylic acid groups (broad SMARTS) is 1. The van der Waals surface area contributed by atoms with Gasteiger partial charge in [0, 0.05) is 12.2 Å². The molecular weight excluding hydrogens is 250 g/mol. The van der Waals surface area contributed by atoms with Crippen LogP contribution in [-0.2, 0) is 4.79 Å². The average Bonchev–Trinajstić information content (AvgIpc) is 2.38. The number of anilines is 1. The lowest BCUT2D eigenvalue weighted by molar-refractivity contribution is -0.135. The van der Waals surface area contributed by atoms with Crippen molar-refractivity contribution in [3.8, 4) is 0 Å². The van der Waals surface area contributed by atoms with Crippen LogP contribution >= 0.6 is 0 Å². The molecule has 3 heteroatoms. The van der Waals surface area contributed by atoms with Gasteiger partial charge in [-0.1, -0.05) is 37.5 Å². The summed E-state index contributed by atoms with van der Waals surface area (Å²) in [5, 5.41) is 9.14. The van der Waals surface area contributed by atoms with Crippen LogP contribution in [0.25, 0.3) is 0 Å². The molecule has 2 atom stereocenters. The Morgan fingerprint density at radius 2 is 2.00 bits per heavy atom. The van der Waals surface area contributed by atoms with E-state index in [4.69, 9.17) is 5.11 Å². The number of hydrogen-bond donors (Lipinski definition) is 1. The highest BCUT2D eigenvalue weighted by Gasteiger charge is 2.22. The summed E-state index contributed by atoms with van der Waals surface area (Å²) in [6, 6.07) is 8.16.